The van der Waals surface area contributed by atoms with Crippen LogP contribution in [0.1, 0.15) is 48.9 Å². The number of anilines is 2. The number of rotatable bonds is 8. The third kappa shape index (κ3) is 6.23. The van der Waals surface area contributed by atoms with Gasteiger partial charge in [-0.05, 0) is 32.0 Å². The summed E-state index contributed by atoms with van der Waals surface area (Å²) in [6, 6.07) is 12.7. The van der Waals surface area contributed by atoms with Crippen molar-refractivity contribution in [2.45, 2.75) is 44.6 Å². The fourth-order valence-corrected chi connectivity index (χ4v) is 4.12. The molecule has 2 amide bonds. The molecule has 2 aromatic carbocycles. The molecule has 1 fully saturated rings. The lowest BCUT2D eigenvalue weighted by molar-refractivity contribution is -0.117. The molecule has 0 spiro atoms. The van der Waals surface area contributed by atoms with Crippen LogP contribution in [0.2, 0.25) is 0 Å². The molecule has 1 aliphatic carbocycles. The van der Waals surface area contributed by atoms with Gasteiger partial charge in [0, 0.05) is 23.7 Å². The second kappa shape index (κ2) is 11.5. The van der Waals surface area contributed by atoms with Gasteiger partial charge in [-0.25, -0.2) is 0 Å². The maximum Gasteiger partial charge on any atom is 0.255 e. The molecule has 0 atom stereocenters. The van der Waals surface area contributed by atoms with Gasteiger partial charge in [-0.2, -0.15) is 0 Å². The summed E-state index contributed by atoms with van der Waals surface area (Å²) in [7, 11) is 5.05. The molecule has 1 aliphatic rings. The van der Waals surface area contributed by atoms with Gasteiger partial charge in [0.25, 0.3) is 5.91 Å². The van der Waals surface area contributed by atoms with Crippen LogP contribution in [-0.4, -0.2) is 50.6 Å². The third-order valence-electron chi connectivity index (χ3n) is 5.92. The molecule has 2 N–H and O–H groups in total. The minimum Gasteiger partial charge on any atom is -0.494 e. The highest BCUT2D eigenvalue weighted by molar-refractivity contribution is 6.05. The van der Waals surface area contributed by atoms with Gasteiger partial charge in [0.1, 0.15) is 11.5 Å². The quantitative estimate of drug-likeness (QED) is 0.590. The highest BCUT2D eigenvalue weighted by Gasteiger charge is 2.21. The molecule has 0 saturated heterocycles. The zero-order valence-corrected chi connectivity index (χ0v) is 19.1. The van der Waals surface area contributed by atoms with Crippen molar-refractivity contribution in [2.75, 3.05) is 38.4 Å². The Labute approximate surface area is 190 Å². The van der Waals surface area contributed by atoms with Crippen LogP contribution in [0, 0.1) is 0 Å². The minimum absolute atomic E-state index is 0.113. The van der Waals surface area contributed by atoms with Crippen molar-refractivity contribution in [3.8, 4) is 11.5 Å². The fraction of sp³-hybridized carbons (Fsp3) is 0.440. The number of hydrogen-bond acceptors (Lipinski definition) is 5. The monoisotopic (exact) mass is 439 g/mol. The van der Waals surface area contributed by atoms with Crippen molar-refractivity contribution < 1.29 is 19.1 Å². The van der Waals surface area contributed by atoms with Crippen LogP contribution in [0.5, 0.6) is 11.5 Å². The summed E-state index contributed by atoms with van der Waals surface area (Å²) in [6.07, 6.45) is 7.27. The van der Waals surface area contributed by atoms with E-state index in [-0.39, 0.29) is 11.8 Å². The van der Waals surface area contributed by atoms with Crippen molar-refractivity contribution in [1.29, 1.82) is 0 Å². The molecule has 172 valence electrons. The highest BCUT2D eigenvalue weighted by atomic mass is 16.5. The molecule has 7 nitrogen and oxygen atoms in total. The van der Waals surface area contributed by atoms with Gasteiger partial charge in [0.2, 0.25) is 5.91 Å². The average molecular weight is 440 g/mol. The van der Waals surface area contributed by atoms with E-state index >= 15 is 0 Å². The van der Waals surface area contributed by atoms with Crippen molar-refractivity contribution in [3.63, 3.8) is 0 Å². The van der Waals surface area contributed by atoms with Crippen LogP contribution >= 0.6 is 0 Å². The molecule has 0 unspecified atom stereocenters. The van der Waals surface area contributed by atoms with Crippen LogP contribution in [0.4, 0.5) is 11.4 Å². The molecule has 0 aliphatic heterocycles. The van der Waals surface area contributed by atoms with Crippen molar-refractivity contribution >= 4 is 23.2 Å². The maximum atomic E-state index is 12.7. The zero-order valence-electron chi connectivity index (χ0n) is 19.1. The van der Waals surface area contributed by atoms with Crippen LogP contribution < -0.4 is 20.1 Å². The maximum absolute atomic E-state index is 12.7. The topological polar surface area (TPSA) is 79.9 Å². The number of nitrogens with zero attached hydrogens (tertiary/aromatic N) is 1. The number of methoxy groups -OCH3 is 2. The summed E-state index contributed by atoms with van der Waals surface area (Å²) >= 11 is 0. The van der Waals surface area contributed by atoms with E-state index in [0.717, 1.165) is 12.8 Å². The van der Waals surface area contributed by atoms with Crippen LogP contribution in [-0.2, 0) is 4.79 Å². The Balaban J connectivity index is 1.71. The van der Waals surface area contributed by atoms with Crippen molar-refractivity contribution in [1.82, 2.24) is 4.90 Å². The molecule has 0 heterocycles. The Bertz CT molecular complexity index is 909. The summed E-state index contributed by atoms with van der Waals surface area (Å²) in [5, 5.41) is 5.78. The van der Waals surface area contributed by atoms with Gasteiger partial charge in [0.15, 0.2) is 0 Å². The molecule has 32 heavy (non-hydrogen) atoms. The second-order valence-corrected chi connectivity index (χ2v) is 8.18. The molecule has 0 bridgehead atoms. The Morgan fingerprint density at radius 2 is 1.47 bits per heavy atom. The summed E-state index contributed by atoms with van der Waals surface area (Å²) in [6.45, 7) is 0.308. The van der Waals surface area contributed by atoms with E-state index in [2.05, 4.69) is 15.5 Å². The van der Waals surface area contributed by atoms with Gasteiger partial charge >= 0.3 is 0 Å². The normalized spacial score (nSPS) is 14.5. The molecule has 0 aromatic heterocycles. The lowest BCUT2D eigenvalue weighted by atomic mass is 10.1. The molecule has 3 rings (SSSR count). The summed E-state index contributed by atoms with van der Waals surface area (Å²) in [4.78, 5) is 27.4. The number of carbonyl (C=O) groups is 2. The highest BCUT2D eigenvalue weighted by Crippen LogP contribution is 2.36. The zero-order chi connectivity index (χ0) is 22.9. The first-order chi connectivity index (χ1) is 15.5. The predicted molar refractivity (Wildman–Crippen MR) is 127 cm³/mol. The number of carbonyl (C=O) groups excluding carboxylic acids is 2. The first kappa shape index (κ1) is 23.6. The van der Waals surface area contributed by atoms with E-state index in [0.29, 0.717) is 41.0 Å². The van der Waals surface area contributed by atoms with Crippen LogP contribution in [0.3, 0.4) is 0 Å². The predicted octanol–water partition coefficient (Wildman–Crippen LogP) is 4.55. The van der Waals surface area contributed by atoms with Crippen LogP contribution in [0.15, 0.2) is 42.5 Å². The standard InChI is InChI=1S/C25H33N3O4/c1-28(19-13-9-4-5-10-14-19)17-24(29)26-20-15-23(32-3)21(16-22(20)31-2)27-25(30)18-11-7-6-8-12-18/h6-8,11-12,15-16,19H,4-5,9-10,13-14,17H2,1-3H3,(H,26,29)(H,27,30). The molecular weight excluding hydrogens is 406 g/mol. The number of hydrogen-bond donors (Lipinski definition) is 2. The van der Waals surface area contributed by atoms with E-state index in [4.69, 9.17) is 9.47 Å². The largest absolute Gasteiger partial charge is 0.494 e. The second-order valence-electron chi connectivity index (χ2n) is 8.18. The average Bonchev–Trinajstić information content (AvgIpc) is 3.10. The summed E-state index contributed by atoms with van der Waals surface area (Å²) < 4.78 is 10.9. The Morgan fingerprint density at radius 3 is 2.03 bits per heavy atom. The molecule has 0 radical (unpaired) electrons. The number of benzene rings is 2. The lowest BCUT2D eigenvalue weighted by Crippen LogP contribution is -2.37. The van der Waals surface area contributed by atoms with Gasteiger partial charge in [-0.1, -0.05) is 43.9 Å². The Kier molecular flexibility index (Phi) is 8.50. The van der Waals surface area contributed by atoms with Gasteiger partial charge < -0.3 is 20.1 Å². The first-order valence-electron chi connectivity index (χ1n) is 11.1. The molecule has 1 saturated carbocycles. The summed E-state index contributed by atoms with van der Waals surface area (Å²) in [5.74, 6) is 0.507. The fourth-order valence-electron chi connectivity index (χ4n) is 4.12. The SMILES string of the molecule is COc1cc(NC(=O)c2ccccc2)c(OC)cc1NC(=O)CN(C)C1CCCCCC1. The van der Waals surface area contributed by atoms with Crippen molar-refractivity contribution in [3.05, 3.63) is 48.0 Å². The molecule has 7 heteroatoms. The third-order valence-corrected chi connectivity index (χ3v) is 5.92. The Morgan fingerprint density at radius 1 is 0.906 bits per heavy atom. The first-order valence-corrected chi connectivity index (χ1v) is 11.1. The molecular formula is C25H33N3O4. The van der Waals surface area contributed by atoms with Gasteiger partial charge in [-0.15, -0.1) is 0 Å². The van der Waals surface area contributed by atoms with Gasteiger partial charge in [0.05, 0.1) is 32.1 Å². The smallest absolute Gasteiger partial charge is 0.255 e. The van der Waals surface area contributed by atoms with E-state index in [9.17, 15) is 9.59 Å². The minimum atomic E-state index is -0.257. The number of likely N-dealkylation sites (N-methyl/N-ethyl adjacent to an activating group) is 1. The lowest BCUT2D eigenvalue weighted by Gasteiger charge is -2.26. The number of ether oxygens (including phenoxy) is 2. The van der Waals surface area contributed by atoms with E-state index in [1.54, 1.807) is 36.4 Å². The van der Waals surface area contributed by atoms with E-state index in [1.807, 2.05) is 13.1 Å². The van der Waals surface area contributed by atoms with E-state index in [1.165, 1.54) is 39.9 Å². The number of nitrogens with one attached hydrogen (secondary N) is 2. The number of amides is 2. The van der Waals surface area contributed by atoms with Crippen LogP contribution in [0.25, 0.3) is 0 Å². The molecule has 2 aromatic rings. The van der Waals surface area contributed by atoms with Crippen molar-refractivity contribution in [2.24, 2.45) is 0 Å². The van der Waals surface area contributed by atoms with E-state index < -0.39 is 0 Å². The van der Waals surface area contributed by atoms with Gasteiger partial charge in [-0.3, -0.25) is 14.5 Å². The Hall–Kier alpha value is -3.06. The summed E-state index contributed by atoms with van der Waals surface area (Å²) in [5.41, 5.74) is 1.50.